The largest absolute Gasteiger partial charge is 0.358 e. The third kappa shape index (κ3) is 3.08. The van der Waals surface area contributed by atoms with E-state index in [1.807, 2.05) is 4.90 Å². The second-order valence-corrected chi connectivity index (χ2v) is 4.52. The molecule has 1 unspecified atom stereocenters. The highest BCUT2D eigenvalue weighted by Crippen LogP contribution is 2.16. The van der Waals surface area contributed by atoms with E-state index in [4.69, 9.17) is 0 Å². The summed E-state index contributed by atoms with van der Waals surface area (Å²) in [5.74, 6) is -1.81. The zero-order valence-corrected chi connectivity index (χ0v) is 10.7. The molecule has 0 spiro atoms. The van der Waals surface area contributed by atoms with Crippen LogP contribution < -0.4 is 10.6 Å². The Labute approximate surface area is 110 Å². The molecule has 1 aliphatic heterocycles. The van der Waals surface area contributed by atoms with Gasteiger partial charge in [-0.05, 0) is 6.07 Å². The molecule has 4 nitrogen and oxygen atoms in total. The van der Waals surface area contributed by atoms with Crippen molar-refractivity contribution >= 4 is 5.91 Å². The number of likely N-dealkylation sites (N-methyl/N-ethyl adjacent to an activating group) is 1. The molecule has 0 radical (unpaired) electrons. The predicted octanol–water partition coefficient (Wildman–Crippen LogP) is 0.485. The molecule has 1 heterocycles. The molecule has 1 aromatic carbocycles. The van der Waals surface area contributed by atoms with Crippen molar-refractivity contribution in [1.29, 1.82) is 0 Å². The Morgan fingerprint density at radius 3 is 3.05 bits per heavy atom. The van der Waals surface area contributed by atoms with E-state index >= 15 is 0 Å². The number of halogens is 2. The van der Waals surface area contributed by atoms with Gasteiger partial charge in [-0.1, -0.05) is 12.1 Å². The number of rotatable bonds is 3. The van der Waals surface area contributed by atoms with Crippen molar-refractivity contribution in [3.63, 3.8) is 0 Å². The number of nitrogens with one attached hydrogen (secondary N) is 2. The molecule has 1 saturated heterocycles. The highest BCUT2D eigenvalue weighted by molar-refractivity contribution is 5.81. The van der Waals surface area contributed by atoms with Crippen molar-refractivity contribution in [2.24, 2.45) is 0 Å². The highest BCUT2D eigenvalue weighted by atomic mass is 19.2. The Hall–Kier alpha value is -1.53. The maximum atomic E-state index is 13.6. The summed E-state index contributed by atoms with van der Waals surface area (Å²) in [4.78, 5) is 13.6. The second kappa shape index (κ2) is 6.08. The molecule has 0 bridgehead atoms. The van der Waals surface area contributed by atoms with Crippen LogP contribution >= 0.6 is 0 Å². The van der Waals surface area contributed by atoms with E-state index < -0.39 is 11.6 Å². The number of carbonyl (C=O) groups is 1. The van der Waals surface area contributed by atoms with Gasteiger partial charge in [0.2, 0.25) is 5.91 Å². The fourth-order valence-electron chi connectivity index (χ4n) is 2.25. The van der Waals surface area contributed by atoms with E-state index in [-0.39, 0.29) is 24.1 Å². The van der Waals surface area contributed by atoms with Crippen molar-refractivity contribution in [2.75, 3.05) is 26.7 Å². The van der Waals surface area contributed by atoms with Gasteiger partial charge in [0.05, 0.1) is 0 Å². The lowest BCUT2D eigenvalue weighted by molar-refractivity contribution is -0.126. The van der Waals surface area contributed by atoms with Gasteiger partial charge >= 0.3 is 0 Å². The molecule has 1 aliphatic rings. The van der Waals surface area contributed by atoms with E-state index in [2.05, 4.69) is 10.6 Å². The Morgan fingerprint density at radius 2 is 2.32 bits per heavy atom. The van der Waals surface area contributed by atoms with Gasteiger partial charge in [-0.25, -0.2) is 8.78 Å². The lowest BCUT2D eigenvalue weighted by atomic mass is 10.1. The van der Waals surface area contributed by atoms with Crippen molar-refractivity contribution in [3.8, 4) is 0 Å². The number of hydrogen-bond donors (Lipinski definition) is 2. The Morgan fingerprint density at radius 1 is 1.53 bits per heavy atom. The summed E-state index contributed by atoms with van der Waals surface area (Å²) >= 11 is 0. The standard InChI is InChI=1S/C13H17F2N3O/c1-16-13(19)11-7-17-5-6-18(11)8-9-3-2-4-10(14)12(9)15/h2-4,11,17H,5-8H2,1H3,(H,16,19). The van der Waals surface area contributed by atoms with E-state index in [0.717, 1.165) is 12.6 Å². The Kier molecular flexibility index (Phi) is 4.44. The molecule has 1 atom stereocenters. The maximum Gasteiger partial charge on any atom is 0.238 e. The van der Waals surface area contributed by atoms with Gasteiger partial charge in [-0.2, -0.15) is 0 Å². The lowest BCUT2D eigenvalue weighted by Gasteiger charge is -2.34. The topological polar surface area (TPSA) is 44.4 Å². The van der Waals surface area contributed by atoms with Gasteiger partial charge < -0.3 is 10.6 Å². The third-order valence-corrected chi connectivity index (χ3v) is 3.31. The Bertz CT molecular complexity index is 467. The number of hydrogen-bond acceptors (Lipinski definition) is 3. The summed E-state index contributed by atoms with van der Waals surface area (Å²) < 4.78 is 26.8. The molecule has 0 saturated carbocycles. The molecule has 1 amide bonds. The first-order valence-corrected chi connectivity index (χ1v) is 6.22. The number of carbonyl (C=O) groups excluding carboxylic acids is 1. The van der Waals surface area contributed by atoms with Crippen LogP contribution in [0.5, 0.6) is 0 Å². The average Bonchev–Trinajstić information content (AvgIpc) is 2.43. The first-order chi connectivity index (χ1) is 9.13. The van der Waals surface area contributed by atoms with Crippen molar-refractivity contribution in [2.45, 2.75) is 12.6 Å². The molecule has 6 heteroatoms. The van der Waals surface area contributed by atoms with E-state index in [9.17, 15) is 13.6 Å². The van der Waals surface area contributed by atoms with Gasteiger partial charge in [0.1, 0.15) is 6.04 Å². The molecule has 1 fully saturated rings. The van der Waals surface area contributed by atoms with Crippen LogP contribution in [0.3, 0.4) is 0 Å². The van der Waals surface area contributed by atoms with E-state index in [0.29, 0.717) is 13.1 Å². The molecular formula is C13H17F2N3O. The van der Waals surface area contributed by atoms with E-state index in [1.54, 1.807) is 13.1 Å². The maximum absolute atomic E-state index is 13.6. The van der Waals surface area contributed by atoms with Gasteiger partial charge in [0.25, 0.3) is 0 Å². The van der Waals surface area contributed by atoms with Gasteiger partial charge in [0, 0.05) is 38.8 Å². The number of piperazine rings is 1. The van der Waals surface area contributed by atoms with Crippen molar-refractivity contribution in [1.82, 2.24) is 15.5 Å². The zero-order chi connectivity index (χ0) is 13.8. The minimum atomic E-state index is -0.857. The van der Waals surface area contributed by atoms with Crippen LogP contribution in [0, 0.1) is 11.6 Å². The smallest absolute Gasteiger partial charge is 0.238 e. The molecular weight excluding hydrogens is 252 g/mol. The first-order valence-electron chi connectivity index (χ1n) is 6.22. The van der Waals surface area contributed by atoms with Crippen LogP contribution in [-0.2, 0) is 11.3 Å². The summed E-state index contributed by atoms with van der Waals surface area (Å²) in [6, 6.07) is 3.75. The van der Waals surface area contributed by atoms with Crippen molar-refractivity contribution in [3.05, 3.63) is 35.4 Å². The van der Waals surface area contributed by atoms with Gasteiger partial charge in [-0.3, -0.25) is 9.69 Å². The van der Waals surface area contributed by atoms with Crippen LogP contribution in [0.2, 0.25) is 0 Å². The van der Waals surface area contributed by atoms with Crippen LogP contribution in [0.1, 0.15) is 5.56 Å². The quantitative estimate of drug-likeness (QED) is 0.839. The van der Waals surface area contributed by atoms with Crippen molar-refractivity contribution < 1.29 is 13.6 Å². The summed E-state index contributed by atoms with van der Waals surface area (Å²) in [6.07, 6.45) is 0. The summed E-state index contributed by atoms with van der Waals surface area (Å²) in [7, 11) is 1.57. The SMILES string of the molecule is CNC(=O)C1CNCCN1Cc1cccc(F)c1F. The molecule has 19 heavy (non-hydrogen) atoms. The van der Waals surface area contributed by atoms with Crippen LogP contribution in [-0.4, -0.2) is 43.5 Å². The zero-order valence-electron chi connectivity index (χ0n) is 10.7. The first kappa shape index (κ1) is 13.9. The fourth-order valence-corrected chi connectivity index (χ4v) is 2.25. The normalized spacial score (nSPS) is 20.3. The van der Waals surface area contributed by atoms with Crippen LogP contribution in [0.15, 0.2) is 18.2 Å². The lowest BCUT2D eigenvalue weighted by Crippen LogP contribution is -2.56. The summed E-state index contributed by atoms with van der Waals surface area (Å²) in [5, 5.41) is 5.71. The molecule has 0 aromatic heterocycles. The van der Waals surface area contributed by atoms with Gasteiger partial charge in [0.15, 0.2) is 11.6 Å². The molecule has 2 rings (SSSR count). The van der Waals surface area contributed by atoms with Gasteiger partial charge in [-0.15, -0.1) is 0 Å². The Balaban J connectivity index is 2.15. The highest BCUT2D eigenvalue weighted by Gasteiger charge is 2.28. The number of amides is 1. The summed E-state index contributed by atoms with van der Waals surface area (Å²) in [5.41, 5.74) is 0.274. The molecule has 1 aromatic rings. The summed E-state index contributed by atoms with van der Waals surface area (Å²) in [6.45, 7) is 2.08. The monoisotopic (exact) mass is 269 g/mol. The average molecular weight is 269 g/mol. The molecule has 104 valence electrons. The van der Waals surface area contributed by atoms with E-state index in [1.165, 1.54) is 6.07 Å². The molecule has 0 aliphatic carbocycles. The predicted molar refractivity (Wildman–Crippen MR) is 67.5 cm³/mol. The molecule has 2 N–H and O–H groups in total. The third-order valence-electron chi connectivity index (χ3n) is 3.31. The fraction of sp³-hybridized carbons (Fsp3) is 0.462. The minimum absolute atomic E-state index is 0.121. The number of benzene rings is 1. The van der Waals surface area contributed by atoms with Crippen LogP contribution in [0.4, 0.5) is 8.78 Å². The number of nitrogens with zero attached hydrogens (tertiary/aromatic N) is 1. The second-order valence-electron chi connectivity index (χ2n) is 4.52. The minimum Gasteiger partial charge on any atom is -0.358 e. The van der Waals surface area contributed by atoms with Crippen LogP contribution in [0.25, 0.3) is 0 Å².